The fourth-order valence-electron chi connectivity index (χ4n) is 1.72. The molecule has 1 fully saturated rings. The highest BCUT2D eigenvalue weighted by Gasteiger charge is 2.23. The van der Waals surface area contributed by atoms with E-state index in [2.05, 4.69) is 28.3 Å². The summed E-state index contributed by atoms with van der Waals surface area (Å²) in [7, 11) is 1.83. The third kappa shape index (κ3) is 2.20. The first kappa shape index (κ1) is 10.8. The predicted octanol–water partition coefficient (Wildman–Crippen LogP) is 2.83. The smallest absolute Gasteiger partial charge is 0.227 e. The van der Waals surface area contributed by atoms with Gasteiger partial charge in [0.2, 0.25) is 11.8 Å². The normalized spacial score (nSPS) is 15.2. The quantitative estimate of drug-likeness (QED) is 0.905. The molecule has 0 bridgehead atoms. The summed E-state index contributed by atoms with van der Waals surface area (Å²) in [5.41, 5.74) is 0. The van der Waals surface area contributed by atoms with E-state index in [-0.39, 0.29) is 0 Å². The standard InChI is InChI=1S/C12H15N3OS/c1-7-5-9-10(16-6-8-3-4-8)14-12(13-2)15-11(9)17-7/h5,8H,3-4,6H2,1-2H3,(H,13,14,15). The van der Waals surface area contributed by atoms with Crippen molar-refractivity contribution in [3.63, 3.8) is 0 Å². The summed E-state index contributed by atoms with van der Waals surface area (Å²) in [5, 5.41) is 4.01. The number of ether oxygens (including phenoxy) is 1. The average molecular weight is 249 g/mol. The molecule has 2 heterocycles. The minimum absolute atomic E-state index is 0.630. The molecule has 1 aliphatic rings. The van der Waals surface area contributed by atoms with E-state index >= 15 is 0 Å². The monoisotopic (exact) mass is 249 g/mol. The molecule has 0 aliphatic heterocycles. The van der Waals surface area contributed by atoms with Crippen LogP contribution in [0.2, 0.25) is 0 Å². The van der Waals surface area contributed by atoms with Crippen molar-refractivity contribution in [3.8, 4) is 5.88 Å². The van der Waals surface area contributed by atoms with Crippen molar-refractivity contribution in [3.05, 3.63) is 10.9 Å². The Bertz CT molecular complexity index is 548. The lowest BCUT2D eigenvalue weighted by Crippen LogP contribution is -2.04. The van der Waals surface area contributed by atoms with Crippen LogP contribution in [0.4, 0.5) is 5.95 Å². The zero-order valence-corrected chi connectivity index (χ0v) is 10.8. The Morgan fingerprint density at radius 3 is 3.00 bits per heavy atom. The summed E-state index contributed by atoms with van der Waals surface area (Å²) < 4.78 is 5.81. The third-order valence-electron chi connectivity index (χ3n) is 2.86. The highest BCUT2D eigenvalue weighted by atomic mass is 32.1. The fraction of sp³-hybridized carbons (Fsp3) is 0.500. The van der Waals surface area contributed by atoms with Gasteiger partial charge in [-0.1, -0.05) is 0 Å². The zero-order valence-electron chi connectivity index (χ0n) is 9.99. The largest absolute Gasteiger partial charge is 0.477 e. The van der Waals surface area contributed by atoms with Crippen molar-refractivity contribution in [2.75, 3.05) is 19.0 Å². The Hall–Kier alpha value is -1.36. The van der Waals surface area contributed by atoms with E-state index in [0.29, 0.717) is 5.95 Å². The van der Waals surface area contributed by atoms with Gasteiger partial charge in [-0.25, -0.2) is 4.98 Å². The van der Waals surface area contributed by atoms with Crippen LogP contribution in [0.3, 0.4) is 0 Å². The number of anilines is 1. The average Bonchev–Trinajstić information content (AvgIpc) is 3.06. The molecule has 1 saturated carbocycles. The summed E-state index contributed by atoms with van der Waals surface area (Å²) in [5.74, 6) is 2.08. The van der Waals surface area contributed by atoms with E-state index in [1.54, 1.807) is 11.3 Å². The number of thiophene rings is 1. The molecule has 90 valence electrons. The Labute approximate surface area is 104 Å². The first-order valence-electron chi connectivity index (χ1n) is 5.85. The van der Waals surface area contributed by atoms with Crippen LogP contribution in [-0.4, -0.2) is 23.6 Å². The summed E-state index contributed by atoms with van der Waals surface area (Å²) in [6.07, 6.45) is 2.57. The lowest BCUT2D eigenvalue weighted by molar-refractivity contribution is 0.292. The van der Waals surface area contributed by atoms with Gasteiger partial charge in [0.1, 0.15) is 4.83 Å². The van der Waals surface area contributed by atoms with E-state index in [1.165, 1.54) is 17.7 Å². The number of nitrogens with zero attached hydrogens (tertiary/aromatic N) is 2. The lowest BCUT2D eigenvalue weighted by Gasteiger charge is -2.07. The molecular weight excluding hydrogens is 234 g/mol. The highest BCUT2D eigenvalue weighted by molar-refractivity contribution is 7.18. The van der Waals surface area contributed by atoms with Crippen LogP contribution in [-0.2, 0) is 0 Å². The van der Waals surface area contributed by atoms with Crippen LogP contribution in [0.1, 0.15) is 17.7 Å². The van der Waals surface area contributed by atoms with Gasteiger partial charge in [-0.05, 0) is 31.7 Å². The Balaban J connectivity index is 1.98. The maximum atomic E-state index is 5.81. The second kappa shape index (κ2) is 4.14. The van der Waals surface area contributed by atoms with E-state index in [0.717, 1.165) is 28.6 Å². The highest BCUT2D eigenvalue weighted by Crippen LogP contribution is 2.33. The maximum absolute atomic E-state index is 5.81. The molecule has 0 saturated heterocycles. The molecule has 0 aromatic carbocycles. The van der Waals surface area contributed by atoms with Gasteiger partial charge in [-0.15, -0.1) is 11.3 Å². The molecule has 1 N–H and O–H groups in total. The topological polar surface area (TPSA) is 47.0 Å². The number of hydrogen-bond acceptors (Lipinski definition) is 5. The molecule has 0 radical (unpaired) electrons. The van der Waals surface area contributed by atoms with Gasteiger partial charge in [-0.2, -0.15) is 4.98 Å². The summed E-state index contributed by atoms with van der Waals surface area (Å²) in [6, 6.07) is 2.10. The van der Waals surface area contributed by atoms with Gasteiger partial charge in [0.05, 0.1) is 12.0 Å². The van der Waals surface area contributed by atoms with Crippen molar-refractivity contribution in [2.45, 2.75) is 19.8 Å². The molecule has 3 rings (SSSR count). The van der Waals surface area contributed by atoms with Crippen molar-refractivity contribution in [2.24, 2.45) is 5.92 Å². The second-order valence-corrected chi connectivity index (χ2v) is 5.67. The molecule has 0 unspecified atom stereocenters. The van der Waals surface area contributed by atoms with Gasteiger partial charge < -0.3 is 10.1 Å². The Morgan fingerprint density at radius 2 is 2.29 bits per heavy atom. The first-order chi connectivity index (χ1) is 8.26. The minimum Gasteiger partial charge on any atom is -0.477 e. The summed E-state index contributed by atoms with van der Waals surface area (Å²) in [6.45, 7) is 2.86. The second-order valence-electron chi connectivity index (χ2n) is 4.43. The van der Waals surface area contributed by atoms with Crippen LogP contribution in [0, 0.1) is 12.8 Å². The third-order valence-corrected chi connectivity index (χ3v) is 3.80. The number of aryl methyl sites for hydroxylation is 1. The molecule has 0 amide bonds. The van der Waals surface area contributed by atoms with Crippen LogP contribution < -0.4 is 10.1 Å². The van der Waals surface area contributed by atoms with Gasteiger partial charge in [0, 0.05) is 11.9 Å². The maximum Gasteiger partial charge on any atom is 0.227 e. The predicted molar refractivity (Wildman–Crippen MR) is 69.9 cm³/mol. The van der Waals surface area contributed by atoms with E-state index < -0.39 is 0 Å². The first-order valence-corrected chi connectivity index (χ1v) is 6.66. The van der Waals surface area contributed by atoms with Crippen molar-refractivity contribution in [1.29, 1.82) is 0 Å². The van der Waals surface area contributed by atoms with Crippen LogP contribution in [0.5, 0.6) is 5.88 Å². The lowest BCUT2D eigenvalue weighted by atomic mass is 10.3. The van der Waals surface area contributed by atoms with Crippen molar-refractivity contribution >= 4 is 27.5 Å². The van der Waals surface area contributed by atoms with E-state index in [4.69, 9.17) is 4.74 Å². The van der Waals surface area contributed by atoms with E-state index in [1.807, 2.05) is 7.05 Å². The molecule has 1 aliphatic carbocycles. The Kier molecular flexibility index (Phi) is 2.63. The van der Waals surface area contributed by atoms with Crippen LogP contribution in [0.15, 0.2) is 6.07 Å². The zero-order chi connectivity index (χ0) is 11.8. The van der Waals surface area contributed by atoms with Gasteiger partial charge >= 0.3 is 0 Å². The molecule has 5 heteroatoms. The summed E-state index contributed by atoms with van der Waals surface area (Å²) in [4.78, 5) is 11.1. The fourth-order valence-corrected chi connectivity index (χ4v) is 2.59. The molecular formula is C12H15N3OS. The Morgan fingerprint density at radius 1 is 1.47 bits per heavy atom. The number of nitrogens with one attached hydrogen (secondary N) is 1. The molecule has 17 heavy (non-hydrogen) atoms. The number of aromatic nitrogens is 2. The van der Waals surface area contributed by atoms with Crippen molar-refractivity contribution < 1.29 is 4.74 Å². The molecule has 2 aromatic heterocycles. The molecule has 0 atom stereocenters. The van der Waals surface area contributed by atoms with Crippen LogP contribution >= 0.6 is 11.3 Å². The summed E-state index contributed by atoms with van der Waals surface area (Å²) >= 11 is 1.67. The van der Waals surface area contributed by atoms with Gasteiger partial charge in [-0.3, -0.25) is 0 Å². The van der Waals surface area contributed by atoms with Gasteiger partial charge in [0.15, 0.2) is 0 Å². The van der Waals surface area contributed by atoms with E-state index in [9.17, 15) is 0 Å². The molecule has 2 aromatic rings. The van der Waals surface area contributed by atoms with Crippen molar-refractivity contribution in [1.82, 2.24) is 9.97 Å². The number of fused-ring (bicyclic) bond motifs is 1. The molecule has 0 spiro atoms. The SMILES string of the molecule is CNc1nc(OCC2CC2)c2cc(C)sc2n1. The molecule has 4 nitrogen and oxygen atoms in total. The minimum atomic E-state index is 0.630. The number of hydrogen-bond donors (Lipinski definition) is 1. The number of rotatable bonds is 4. The van der Waals surface area contributed by atoms with Crippen LogP contribution in [0.25, 0.3) is 10.2 Å². The van der Waals surface area contributed by atoms with Gasteiger partial charge in [0.25, 0.3) is 0 Å².